The number of likely N-dealkylation sites (tertiary alicyclic amines) is 1. The molecule has 0 unspecified atom stereocenters. The van der Waals surface area contributed by atoms with Gasteiger partial charge in [0.25, 0.3) is 0 Å². The van der Waals surface area contributed by atoms with Gasteiger partial charge in [-0.1, -0.05) is 44.7 Å². The number of aliphatic hydroxyl groups is 1. The highest BCUT2D eigenvalue weighted by Crippen LogP contribution is 2.36. The molecule has 2 amide bonds. The van der Waals surface area contributed by atoms with E-state index in [9.17, 15) is 19.5 Å². The minimum atomic E-state index is -0.855. The van der Waals surface area contributed by atoms with Crippen molar-refractivity contribution in [1.82, 2.24) is 15.1 Å². The van der Waals surface area contributed by atoms with Crippen molar-refractivity contribution in [3.63, 3.8) is 0 Å². The predicted octanol–water partition coefficient (Wildman–Crippen LogP) is 4.67. The normalized spacial score (nSPS) is 21.8. The number of piperazine rings is 1. The van der Waals surface area contributed by atoms with E-state index in [1.807, 2.05) is 29.2 Å². The number of unbranched alkanes of at least 4 members (excludes halogenated alkanes) is 1. The molecule has 1 saturated carbocycles. The number of amides is 2. The molecule has 1 aliphatic carbocycles. The van der Waals surface area contributed by atoms with Crippen LogP contribution in [-0.4, -0.2) is 77.1 Å². The molecule has 5 rings (SSSR count). The maximum absolute atomic E-state index is 13.8. The predicted molar refractivity (Wildman–Crippen MR) is 163 cm³/mol. The van der Waals surface area contributed by atoms with Gasteiger partial charge in [-0.3, -0.25) is 14.5 Å². The van der Waals surface area contributed by atoms with Crippen molar-refractivity contribution in [2.45, 2.75) is 88.9 Å². The number of hydrogen-bond donors (Lipinski definition) is 2. The summed E-state index contributed by atoms with van der Waals surface area (Å²) < 4.78 is 10.7. The number of carbonyl (C=O) groups is 3. The molecule has 0 aromatic heterocycles. The van der Waals surface area contributed by atoms with Crippen molar-refractivity contribution in [2.75, 3.05) is 26.7 Å². The number of hydrogen-bond acceptors (Lipinski definition) is 7. The molecule has 2 saturated heterocycles. The van der Waals surface area contributed by atoms with Gasteiger partial charge in [0.15, 0.2) is 0 Å². The summed E-state index contributed by atoms with van der Waals surface area (Å²) in [5.41, 5.74) is 0.744. The van der Waals surface area contributed by atoms with Crippen LogP contribution in [0.25, 0.3) is 0 Å². The quantitative estimate of drug-likeness (QED) is 0.387. The molecule has 2 aliphatic heterocycles. The van der Waals surface area contributed by atoms with Crippen LogP contribution in [0.2, 0.25) is 0 Å². The van der Waals surface area contributed by atoms with Gasteiger partial charge in [0.1, 0.15) is 23.1 Å². The van der Waals surface area contributed by atoms with E-state index in [2.05, 4.69) is 17.1 Å². The van der Waals surface area contributed by atoms with Gasteiger partial charge in [-0.2, -0.15) is 0 Å². The second kappa shape index (κ2) is 13.9. The van der Waals surface area contributed by atoms with E-state index in [0.29, 0.717) is 49.5 Å². The van der Waals surface area contributed by atoms with Crippen LogP contribution >= 0.6 is 0 Å². The van der Waals surface area contributed by atoms with Gasteiger partial charge in [0.2, 0.25) is 11.8 Å². The molecule has 2 aromatic rings. The topological polar surface area (TPSA) is 108 Å². The summed E-state index contributed by atoms with van der Waals surface area (Å²) in [6, 6.07) is 13.9. The van der Waals surface area contributed by atoms with Crippen molar-refractivity contribution in [2.24, 2.45) is 5.92 Å². The molecule has 2 N–H and O–H groups in total. The fraction of sp³-hybridized carbons (Fsp3) is 0.559. The summed E-state index contributed by atoms with van der Waals surface area (Å²) in [6.07, 6.45) is 7.21. The van der Waals surface area contributed by atoms with E-state index >= 15 is 0 Å². The van der Waals surface area contributed by atoms with E-state index in [4.69, 9.17) is 9.47 Å². The first-order chi connectivity index (χ1) is 20.8. The Bertz CT molecular complexity index is 1250. The van der Waals surface area contributed by atoms with Crippen molar-refractivity contribution in [1.29, 1.82) is 0 Å². The number of carbonyl (C=O) groups excluding carboxylic acids is 3. The zero-order chi connectivity index (χ0) is 30.4. The molecule has 9 nitrogen and oxygen atoms in total. The van der Waals surface area contributed by atoms with Gasteiger partial charge < -0.3 is 24.8 Å². The summed E-state index contributed by atoms with van der Waals surface area (Å²) in [4.78, 5) is 43.4. The number of aliphatic hydroxyl groups excluding tert-OH is 1. The van der Waals surface area contributed by atoms with Gasteiger partial charge in [0, 0.05) is 26.2 Å². The highest BCUT2D eigenvalue weighted by molar-refractivity contribution is 6.00. The average Bonchev–Trinajstić information content (AvgIpc) is 3.04. The zero-order valence-corrected chi connectivity index (χ0v) is 25.4. The van der Waals surface area contributed by atoms with Gasteiger partial charge in [-0.15, -0.1) is 0 Å². The number of nitrogens with one attached hydrogen (secondary N) is 1. The molecule has 9 heteroatoms. The van der Waals surface area contributed by atoms with Crippen molar-refractivity contribution < 1.29 is 29.0 Å². The van der Waals surface area contributed by atoms with Crippen LogP contribution in [0.3, 0.4) is 0 Å². The maximum Gasteiger partial charge on any atom is 0.337 e. The second-order valence-corrected chi connectivity index (χ2v) is 12.3. The molecule has 1 spiro atoms. The highest BCUT2D eigenvalue weighted by Gasteiger charge is 2.55. The Hall–Kier alpha value is -3.43. The summed E-state index contributed by atoms with van der Waals surface area (Å²) >= 11 is 0. The first-order valence-corrected chi connectivity index (χ1v) is 15.8. The van der Waals surface area contributed by atoms with E-state index in [1.54, 1.807) is 24.3 Å². The Labute approximate surface area is 254 Å². The molecule has 3 aliphatic rings. The molecule has 3 fully saturated rings. The number of nitrogens with zero attached hydrogens (tertiary/aromatic N) is 2. The van der Waals surface area contributed by atoms with Crippen LogP contribution in [0.5, 0.6) is 11.5 Å². The van der Waals surface area contributed by atoms with Crippen LogP contribution in [0.1, 0.15) is 80.6 Å². The van der Waals surface area contributed by atoms with Gasteiger partial charge in [-0.05, 0) is 80.0 Å². The van der Waals surface area contributed by atoms with Crippen LogP contribution in [0, 0.1) is 5.92 Å². The Balaban J connectivity index is 1.19. The van der Waals surface area contributed by atoms with Crippen molar-refractivity contribution in [3.8, 4) is 11.5 Å². The molecule has 0 bridgehead atoms. The molecule has 2 heterocycles. The number of esters is 1. The molecule has 43 heavy (non-hydrogen) atoms. The Morgan fingerprint density at radius 1 is 1.00 bits per heavy atom. The van der Waals surface area contributed by atoms with Crippen molar-refractivity contribution in [3.05, 3.63) is 59.7 Å². The molecule has 0 radical (unpaired) electrons. The first kappa shape index (κ1) is 31.0. The molecule has 232 valence electrons. The van der Waals surface area contributed by atoms with Gasteiger partial charge >= 0.3 is 5.97 Å². The minimum absolute atomic E-state index is 0.0656. The minimum Gasteiger partial charge on any atom is -0.465 e. The Morgan fingerprint density at radius 3 is 2.23 bits per heavy atom. The van der Waals surface area contributed by atoms with Crippen molar-refractivity contribution >= 4 is 17.8 Å². The van der Waals surface area contributed by atoms with Gasteiger partial charge in [-0.25, -0.2) is 4.79 Å². The Morgan fingerprint density at radius 2 is 1.63 bits per heavy atom. The smallest absolute Gasteiger partial charge is 0.337 e. The number of piperidine rings is 1. The monoisotopic (exact) mass is 591 g/mol. The number of methoxy groups -OCH3 is 1. The SMILES string of the molecule is CCCCN1C(=O)[C@@H]([C@H](O)C2CCCCC2)NC(=O)C12CCN(Cc1ccc(Oc3ccc(C(=O)OC)cc3)cc1)CC2. The first-order valence-electron chi connectivity index (χ1n) is 15.8. The second-order valence-electron chi connectivity index (χ2n) is 12.3. The summed E-state index contributed by atoms with van der Waals surface area (Å²) in [6.45, 7) is 4.77. The van der Waals surface area contributed by atoms with Crippen LogP contribution in [0.15, 0.2) is 48.5 Å². The summed E-state index contributed by atoms with van der Waals surface area (Å²) in [5.74, 6) is 0.778. The lowest BCUT2D eigenvalue weighted by Gasteiger charge is -2.52. The third-order valence-electron chi connectivity index (χ3n) is 9.49. The largest absolute Gasteiger partial charge is 0.465 e. The third-order valence-corrected chi connectivity index (χ3v) is 9.49. The van der Waals surface area contributed by atoms with E-state index < -0.39 is 17.7 Å². The average molecular weight is 592 g/mol. The van der Waals surface area contributed by atoms with Gasteiger partial charge in [0.05, 0.1) is 18.8 Å². The number of rotatable bonds is 10. The summed E-state index contributed by atoms with van der Waals surface area (Å²) in [7, 11) is 1.35. The summed E-state index contributed by atoms with van der Waals surface area (Å²) in [5, 5.41) is 14.2. The van der Waals surface area contributed by atoms with E-state index in [0.717, 1.165) is 50.6 Å². The lowest BCUT2D eigenvalue weighted by atomic mass is 9.78. The zero-order valence-electron chi connectivity index (χ0n) is 25.4. The Kier molecular flexibility index (Phi) is 10.0. The maximum atomic E-state index is 13.8. The fourth-order valence-electron chi connectivity index (χ4n) is 6.87. The fourth-order valence-corrected chi connectivity index (χ4v) is 6.87. The third kappa shape index (κ3) is 6.88. The highest BCUT2D eigenvalue weighted by atomic mass is 16.5. The molecular weight excluding hydrogens is 546 g/mol. The lowest BCUT2D eigenvalue weighted by molar-refractivity contribution is -0.166. The number of ether oxygens (including phenoxy) is 2. The number of benzene rings is 2. The van der Waals surface area contributed by atoms with Crippen LogP contribution in [0.4, 0.5) is 0 Å². The van der Waals surface area contributed by atoms with Crippen LogP contribution < -0.4 is 10.1 Å². The van der Waals surface area contributed by atoms with E-state index in [1.165, 1.54) is 13.5 Å². The lowest BCUT2D eigenvalue weighted by Crippen LogP contribution is -2.75. The standard InChI is InChI=1S/C34H45N3O6/c1-3-4-20-37-31(39)29(30(38)25-8-6-5-7-9-25)35-33(41)34(37)18-21-36(22-19-34)23-24-10-14-27(15-11-24)43-28-16-12-26(13-17-28)32(40)42-2/h10-17,25,29-30,38H,3-9,18-23H2,1-2H3,(H,35,41)/t29-,30-/m1/s1. The molecule has 2 aromatic carbocycles. The van der Waals surface area contributed by atoms with E-state index in [-0.39, 0.29) is 23.7 Å². The molecular formula is C34H45N3O6. The molecule has 2 atom stereocenters. The van der Waals surface area contributed by atoms with Crippen LogP contribution in [-0.2, 0) is 20.9 Å².